The molecule has 0 saturated heterocycles. The van der Waals surface area contributed by atoms with Gasteiger partial charge in [-0.3, -0.25) is 0 Å². The van der Waals surface area contributed by atoms with E-state index in [-0.39, 0.29) is 0 Å². The molecule has 0 N–H and O–H groups in total. The minimum absolute atomic E-state index is 0.525. The third-order valence-electron chi connectivity index (χ3n) is 2.98. The lowest BCUT2D eigenvalue weighted by Gasteiger charge is -2.24. The number of fused-ring (bicyclic) bond motifs is 1. The molecule has 16 heavy (non-hydrogen) atoms. The van der Waals surface area contributed by atoms with Gasteiger partial charge in [0.25, 0.3) is 0 Å². The number of benzene rings is 1. The van der Waals surface area contributed by atoms with Gasteiger partial charge >= 0.3 is 0 Å². The van der Waals surface area contributed by atoms with Crippen molar-refractivity contribution in [3.05, 3.63) is 35.4 Å². The lowest BCUT2D eigenvalue weighted by atomic mass is 10.1. The standard InChI is InChI=1S/C12H14Br2IN/c13-7-10(14)8-16(15)12-6-5-9-3-1-2-4-11(9)12/h1-4,10,12H,5-8H2. The predicted molar refractivity (Wildman–Crippen MR) is 84.7 cm³/mol. The molecule has 0 bridgehead atoms. The van der Waals surface area contributed by atoms with Crippen molar-refractivity contribution in [1.29, 1.82) is 0 Å². The molecule has 0 aliphatic heterocycles. The summed E-state index contributed by atoms with van der Waals surface area (Å²) in [7, 11) is 0. The lowest BCUT2D eigenvalue weighted by molar-refractivity contribution is 0.395. The van der Waals surface area contributed by atoms with Crippen LogP contribution in [0.5, 0.6) is 0 Å². The predicted octanol–water partition coefficient (Wildman–Crippen LogP) is 4.48. The highest BCUT2D eigenvalue weighted by Gasteiger charge is 2.27. The fraction of sp³-hybridized carbons (Fsp3) is 0.500. The number of alkyl halides is 2. The summed E-state index contributed by atoms with van der Waals surface area (Å²) in [5.41, 5.74) is 3.05. The quantitative estimate of drug-likeness (QED) is 0.365. The first-order valence-electron chi connectivity index (χ1n) is 5.42. The van der Waals surface area contributed by atoms with E-state index in [1.807, 2.05) is 0 Å². The average Bonchev–Trinajstić information content (AvgIpc) is 2.72. The Morgan fingerprint density at radius 3 is 2.94 bits per heavy atom. The number of halogens is 3. The van der Waals surface area contributed by atoms with Crippen molar-refractivity contribution in [2.24, 2.45) is 0 Å². The zero-order valence-electron chi connectivity index (χ0n) is 8.87. The lowest BCUT2D eigenvalue weighted by Crippen LogP contribution is -2.24. The van der Waals surface area contributed by atoms with Crippen LogP contribution in [0.3, 0.4) is 0 Å². The normalized spacial score (nSPS) is 21.1. The molecule has 88 valence electrons. The smallest absolute Gasteiger partial charge is 0.0450 e. The first-order chi connectivity index (χ1) is 7.72. The van der Waals surface area contributed by atoms with E-state index < -0.39 is 0 Å². The summed E-state index contributed by atoms with van der Waals surface area (Å²) in [6.45, 7) is 1.07. The molecule has 0 spiro atoms. The van der Waals surface area contributed by atoms with Gasteiger partial charge in [-0.15, -0.1) is 0 Å². The molecule has 1 aromatic carbocycles. The molecule has 0 heterocycles. The Balaban J connectivity index is 2.07. The van der Waals surface area contributed by atoms with Crippen molar-refractivity contribution < 1.29 is 0 Å². The van der Waals surface area contributed by atoms with Crippen molar-refractivity contribution in [2.75, 3.05) is 11.9 Å². The molecular formula is C12H14Br2IN. The molecule has 4 heteroatoms. The highest BCUT2D eigenvalue weighted by atomic mass is 127. The van der Waals surface area contributed by atoms with E-state index in [1.165, 1.54) is 24.0 Å². The Morgan fingerprint density at radius 2 is 2.19 bits per heavy atom. The summed E-state index contributed by atoms with van der Waals surface area (Å²) in [4.78, 5) is 0.525. The van der Waals surface area contributed by atoms with Crippen molar-refractivity contribution in [1.82, 2.24) is 3.11 Å². The van der Waals surface area contributed by atoms with Gasteiger partial charge in [0.2, 0.25) is 0 Å². The van der Waals surface area contributed by atoms with Crippen LogP contribution in [0.25, 0.3) is 0 Å². The zero-order valence-corrected chi connectivity index (χ0v) is 14.2. The van der Waals surface area contributed by atoms with E-state index in [2.05, 4.69) is 82.1 Å². The highest BCUT2D eigenvalue weighted by Crippen LogP contribution is 2.37. The topological polar surface area (TPSA) is 3.24 Å². The van der Waals surface area contributed by atoms with E-state index in [4.69, 9.17) is 0 Å². The first-order valence-corrected chi connectivity index (χ1v) is 8.43. The second-order valence-corrected chi connectivity index (χ2v) is 7.27. The van der Waals surface area contributed by atoms with Gasteiger partial charge in [0, 0.05) is 45.6 Å². The van der Waals surface area contributed by atoms with Crippen LogP contribution in [0.2, 0.25) is 0 Å². The Morgan fingerprint density at radius 1 is 1.44 bits per heavy atom. The molecule has 2 unspecified atom stereocenters. The van der Waals surface area contributed by atoms with Crippen LogP contribution in [0.15, 0.2) is 24.3 Å². The molecule has 1 aromatic rings. The Kier molecular flexibility index (Phi) is 5.12. The van der Waals surface area contributed by atoms with Crippen LogP contribution in [0.4, 0.5) is 0 Å². The van der Waals surface area contributed by atoms with E-state index in [1.54, 1.807) is 0 Å². The molecule has 2 rings (SSSR count). The Hall–Kier alpha value is 0.870. The fourth-order valence-corrected chi connectivity index (χ4v) is 4.30. The van der Waals surface area contributed by atoms with Crippen molar-refractivity contribution >= 4 is 54.7 Å². The molecule has 1 aliphatic rings. The molecule has 1 aliphatic carbocycles. The molecule has 0 saturated carbocycles. The summed E-state index contributed by atoms with van der Waals surface area (Å²) >= 11 is 9.64. The SMILES string of the molecule is BrCC(Br)CN(I)C1CCc2ccccc21. The van der Waals surface area contributed by atoms with Crippen LogP contribution in [0.1, 0.15) is 23.6 Å². The number of aryl methyl sites for hydroxylation is 1. The van der Waals surface area contributed by atoms with Crippen molar-refractivity contribution in [2.45, 2.75) is 23.7 Å². The van der Waals surface area contributed by atoms with Crippen LogP contribution in [-0.4, -0.2) is 19.8 Å². The summed E-state index contributed by atoms with van der Waals surface area (Å²) in [6, 6.07) is 9.42. The average molecular weight is 459 g/mol. The molecule has 2 atom stereocenters. The maximum atomic E-state index is 3.67. The Bertz CT molecular complexity index is 359. The summed E-state index contributed by atoms with van der Waals surface area (Å²) in [6.07, 6.45) is 2.48. The monoisotopic (exact) mass is 457 g/mol. The van der Waals surface area contributed by atoms with Crippen molar-refractivity contribution in [3.8, 4) is 0 Å². The van der Waals surface area contributed by atoms with Crippen LogP contribution in [0, 0.1) is 0 Å². The molecule has 1 nitrogen and oxygen atoms in total. The highest BCUT2D eigenvalue weighted by molar-refractivity contribution is 14.1. The maximum absolute atomic E-state index is 3.67. The number of nitrogens with zero attached hydrogens (tertiary/aromatic N) is 1. The summed E-state index contributed by atoms with van der Waals surface area (Å²) in [5.74, 6) is 0. The van der Waals surface area contributed by atoms with Crippen molar-refractivity contribution in [3.63, 3.8) is 0 Å². The molecule has 0 radical (unpaired) electrons. The second kappa shape index (κ2) is 6.16. The van der Waals surface area contributed by atoms with E-state index >= 15 is 0 Å². The van der Waals surface area contributed by atoms with Gasteiger partial charge in [-0.05, 0) is 24.0 Å². The summed E-state index contributed by atoms with van der Waals surface area (Å²) in [5, 5.41) is 1.00. The largest absolute Gasteiger partial charge is 0.239 e. The van der Waals surface area contributed by atoms with Gasteiger partial charge in [-0.1, -0.05) is 56.1 Å². The minimum Gasteiger partial charge on any atom is -0.239 e. The van der Waals surface area contributed by atoms with Gasteiger partial charge < -0.3 is 0 Å². The second-order valence-electron chi connectivity index (χ2n) is 4.09. The molecule has 0 aromatic heterocycles. The number of hydrogen-bond donors (Lipinski definition) is 0. The van der Waals surface area contributed by atoms with Gasteiger partial charge in [0.05, 0.1) is 0 Å². The minimum atomic E-state index is 0.525. The number of rotatable bonds is 4. The number of hydrogen-bond acceptors (Lipinski definition) is 1. The van der Waals surface area contributed by atoms with Gasteiger partial charge in [0.15, 0.2) is 0 Å². The molecule has 0 amide bonds. The first kappa shape index (κ1) is 13.3. The van der Waals surface area contributed by atoms with Gasteiger partial charge in [-0.2, -0.15) is 0 Å². The Labute approximate surface area is 128 Å². The van der Waals surface area contributed by atoms with Crippen LogP contribution < -0.4 is 0 Å². The third-order valence-corrected chi connectivity index (χ3v) is 6.31. The van der Waals surface area contributed by atoms with E-state index in [0.717, 1.165) is 11.9 Å². The zero-order chi connectivity index (χ0) is 11.5. The van der Waals surface area contributed by atoms with Gasteiger partial charge in [-0.25, -0.2) is 3.11 Å². The van der Waals surface area contributed by atoms with Crippen LogP contribution in [-0.2, 0) is 6.42 Å². The maximum Gasteiger partial charge on any atom is 0.0450 e. The van der Waals surface area contributed by atoms with E-state index in [0.29, 0.717) is 10.9 Å². The molecular weight excluding hydrogens is 445 g/mol. The molecule has 0 fully saturated rings. The fourth-order valence-electron chi connectivity index (χ4n) is 2.19. The third kappa shape index (κ3) is 3.00. The van der Waals surface area contributed by atoms with E-state index in [9.17, 15) is 0 Å². The summed E-state index contributed by atoms with van der Waals surface area (Å²) < 4.78 is 2.43. The van der Waals surface area contributed by atoms with Crippen LogP contribution >= 0.6 is 54.7 Å². The van der Waals surface area contributed by atoms with Gasteiger partial charge in [0.1, 0.15) is 0 Å².